The van der Waals surface area contributed by atoms with E-state index < -0.39 is 0 Å². The monoisotopic (exact) mass is 311 g/mol. The third-order valence-electron chi connectivity index (χ3n) is 4.36. The van der Waals surface area contributed by atoms with Gasteiger partial charge in [0.15, 0.2) is 5.96 Å². The van der Waals surface area contributed by atoms with Crippen molar-refractivity contribution in [1.29, 1.82) is 0 Å². The second kappa shape index (κ2) is 7.22. The number of guanidine groups is 1. The van der Waals surface area contributed by atoms with Gasteiger partial charge in [-0.05, 0) is 30.7 Å². The van der Waals surface area contributed by atoms with Crippen molar-refractivity contribution in [1.82, 2.24) is 15.2 Å². The minimum absolute atomic E-state index is 0.426. The van der Waals surface area contributed by atoms with E-state index in [9.17, 15) is 0 Å². The molecule has 2 aromatic rings. The van der Waals surface area contributed by atoms with Crippen molar-refractivity contribution >= 4 is 11.6 Å². The molecule has 2 N–H and O–H groups in total. The summed E-state index contributed by atoms with van der Waals surface area (Å²) in [5, 5.41) is 6.93. The van der Waals surface area contributed by atoms with E-state index in [-0.39, 0.29) is 0 Å². The van der Waals surface area contributed by atoms with Crippen LogP contribution in [0.3, 0.4) is 0 Å². The minimum Gasteiger partial charge on any atom is -0.369 e. The summed E-state index contributed by atoms with van der Waals surface area (Å²) in [7, 11) is 3.88. The molecule has 5 heteroatoms. The van der Waals surface area contributed by atoms with Crippen LogP contribution in [0, 0.1) is 0 Å². The molecule has 1 saturated heterocycles. The summed E-state index contributed by atoms with van der Waals surface area (Å²) in [4.78, 5) is 6.76. The van der Waals surface area contributed by atoms with Crippen molar-refractivity contribution in [2.75, 3.05) is 25.0 Å². The van der Waals surface area contributed by atoms with Gasteiger partial charge in [0, 0.05) is 50.8 Å². The molecule has 1 aromatic heterocycles. The number of aliphatic imine (C=N–C) groups is 1. The second-order valence-corrected chi connectivity index (χ2v) is 5.95. The van der Waals surface area contributed by atoms with Gasteiger partial charge >= 0.3 is 0 Å². The molecule has 0 radical (unpaired) electrons. The number of anilines is 1. The molecule has 1 aliphatic rings. The molecule has 0 aliphatic carbocycles. The number of benzene rings is 1. The lowest BCUT2D eigenvalue weighted by Crippen LogP contribution is -2.44. The van der Waals surface area contributed by atoms with Gasteiger partial charge < -0.3 is 20.1 Å². The standard InChI is InChI=1S/C18H25N5/c1-19-18(20-13-17-9-6-11-22(17)2)21-15-10-12-23(14-15)16-7-4-3-5-8-16/h3-9,11,15H,10,12-14H2,1-2H3,(H2,19,20,21). The topological polar surface area (TPSA) is 44.6 Å². The highest BCUT2D eigenvalue weighted by Gasteiger charge is 2.23. The summed E-state index contributed by atoms with van der Waals surface area (Å²) in [5.41, 5.74) is 2.54. The van der Waals surface area contributed by atoms with E-state index in [4.69, 9.17) is 0 Å². The van der Waals surface area contributed by atoms with Crippen molar-refractivity contribution in [3.05, 3.63) is 54.4 Å². The first-order valence-corrected chi connectivity index (χ1v) is 8.13. The second-order valence-electron chi connectivity index (χ2n) is 5.95. The van der Waals surface area contributed by atoms with Gasteiger partial charge in [-0.25, -0.2) is 0 Å². The van der Waals surface area contributed by atoms with Gasteiger partial charge in [-0.3, -0.25) is 4.99 Å². The van der Waals surface area contributed by atoms with Crippen molar-refractivity contribution in [2.24, 2.45) is 12.0 Å². The van der Waals surface area contributed by atoms with Crippen LogP contribution in [0.5, 0.6) is 0 Å². The van der Waals surface area contributed by atoms with Crippen LogP contribution in [0.2, 0.25) is 0 Å². The smallest absolute Gasteiger partial charge is 0.191 e. The lowest BCUT2D eigenvalue weighted by atomic mass is 10.3. The number of rotatable bonds is 4. The Kier molecular flexibility index (Phi) is 4.86. The van der Waals surface area contributed by atoms with Crippen molar-refractivity contribution in [2.45, 2.75) is 19.0 Å². The predicted octanol–water partition coefficient (Wildman–Crippen LogP) is 1.97. The van der Waals surface area contributed by atoms with Crippen molar-refractivity contribution < 1.29 is 0 Å². The maximum atomic E-state index is 4.35. The van der Waals surface area contributed by atoms with Gasteiger partial charge in [0.2, 0.25) is 0 Å². The Balaban J connectivity index is 1.51. The number of aromatic nitrogens is 1. The number of aryl methyl sites for hydroxylation is 1. The molecule has 3 rings (SSSR count). The SMILES string of the molecule is CN=C(NCc1cccn1C)NC1CCN(c2ccccc2)C1. The first-order chi connectivity index (χ1) is 11.3. The zero-order chi connectivity index (χ0) is 16.1. The summed E-state index contributed by atoms with van der Waals surface area (Å²) in [6.07, 6.45) is 3.18. The van der Waals surface area contributed by atoms with E-state index in [1.54, 1.807) is 0 Å². The molecular formula is C18H25N5. The van der Waals surface area contributed by atoms with Crippen molar-refractivity contribution in [3.8, 4) is 0 Å². The highest BCUT2D eigenvalue weighted by atomic mass is 15.2. The van der Waals surface area contributed by atoms with E-state index in [0.717, 1.165) is 32.0 Å². The number of hydrogen-bond acceptors (Lipinski definition) is 2. The largest absolute Gasteiger partial charge is 0.369 e. The molecule has 122 valence electrons. The van der Waals surface area contributed by atoms with Crippen LogP contribution in [-0.4, -0.2) is 36.7 Å². The fourth-order valence-corrected chi connectivity index (χ4v) is 2.99. The fraction of sp³-hybridized carbons (Fsp3) is 0.389. The average Bonchev–Trinajstić information content (AvgIpc) is 3.21. The van der Waals surface area contributed by atoms with E-state index in [1.165, 1.54) is 11.4 Å². The number of nitrogens with zero attached hydrogens (tertiary/aromatic N) is 3. The quantitative estimate of drug-likeness (QED) is 0.670. The van der Waals surface area contributed by atoms with Gasteiger partial charge in [0.25, 0.3) is 0 Å². The number of nitrogens with one attached hydrogen (secondary N) is 2. The first-order valence-electron chi connectivity index (χ1n) is 8.13. The van der Waals surface area contributed by atoms with Crippen LogP contribution < -0.4 is 15.5 Å². The predicted molar refractivity (Wildman–Crippen MR) is 95.8 cm³/mol. The van der Waals surface area contributed by atoms with E-state index in [1.807, 2.05) is 7.05 Å². The van der Waals surface area contributed by atoms with Crippen LogP contribution in [0.25, 0.3) is 0 Å². The molecule has 5 nitrogen and oxygen atoms in total. The maximum absolute atomic E-state index is 4.35. The third-order valence-corrected chi connectivity index (χ3v) is 4.36. The molecule has 1 unspecified atom stereocenters. The Bertz CT molecular complexity index is 646. The Morgan fingerprint density at radius 1 is 1.22 bits per heavy atom. The average molecular weight is 311 g/mol. The van der Waals surface area contributed by atoms with Crippen LogP contribution in [0.4, 0.5) is 5.69 Å². The highest BCUT2D eigenvalue weighted by Crippen LogP contribution is 2.19. The van der Waals surface area contributed by atoms with Crippen LogP contribution >= 0.6 is 0 Å². The lowest BCUT2D eigenvalue weighted by Gasteiger charge is -2.20. The molecule has 23 heavy (non-hydrogen) atoms. The zero-order valence-corrected chi connectivity index (χ0v) is 13.9. The van der Waals surface area contributed by atoms with E-state index in [2.05, 4.69) is 80.8 Å². The number of hydrogen-bond donors (Lipinski definition) is 2. The first kappa shape index (κ1) is 15.5. The lowest BCUT2D eigenvalue weighted by molar-refractivity contribution is 0.644. The Morgan fingerprint density at radius 2 is 2.04 bits per heavy atom. The normalized spacial score (nSPS) is 18.3. The minimum atomic E-state index is 0.426. The molecule has 0 bridgehead atoms. The van der Waals surface area contributed by atoms with Crippen LogP contribution in [0.15, 0.2) is 53.7 Å². The molecule has 0 amide bonds. The highest BCUT2D eigenvalue weighted by molar-refractivity contribution is 5.80. The maximum Gasteiger partial charge on any atom is 0.191 e. The Labute approximate surface area is 138 Å². The van der Waals surface area contributed by atoms with E-state index in [0.29, 0.717) is 6.04 Å². The number of para-hydroxylation sites is 1. The summed E-state index contributed by atoms with van der Waals surface area (Å²) in [6, 6.07) is 15.2. The third kappa shape index (κ3) is 3.86. The molecule has 0 spiro atoms. The summed E-state index contributed by atoms with van der Waals surface area (Å²) >= 11 is 0. The van der Waals surface area contributed by atoms with Gasteiger partial charge in [-0.2, -0.15) is 0 Å². The molecule has 2 heterocycles. The molecule has 0 saturated carbocycles. The van der Waals surface area contributed by atoms with Gasteiger partial charge in [0.05, 0.1) is 6.54 Å². The molecule has 1 aliphatic heterocycles. The molecule has 1 atom stereocenters. The molecule has 1 aromatic carbocycles. The van der Waals surface area contributed by atoms with Crippen LogP contribution in [0.1, 0.15) is 12.1 Å². The summed E-state index contributed by atoms with van der Waals surface area (Å²) in [6.45, 7) is 2.86. The van der Waals surface area contributed by atoms with Crippen LogP contribution in [-0.2, 0) is 13.6 Å². The van der Waals surface area contributed by atoms with Gasteiger partial charge in [0.1, 0.15) is 0 Å². The Hall–Kier alpha value is -2.43. The van der Waals surface area contributed by atoms with Gasteiger partial charge in [-0.1, -0.05) is 18.2 Å². The zero-order valence-electron chi connectivity index (χ0n) is 13.9. The van der Waals surface area contributed by atoms with Crippen molar-refractivity contribution in [3.63, 3.8) is 0 Å². The van der Waals surface area contributed by atoms with E-state index >= 15 is 0 Å². The molecule has 1 fully saturated rings. The summed E-state index contributed by atoms with van der Waals surface area (Å²) in [5.74, 6) is 0.867. The van der Waals surface area contributed by atoms with Gasteiger partial charge in [-0.15, -0.1) is 0 Å². The Morgan fingerprint density at radius 3 is 2.74 bits per heavy atom. The molecular weight excluding hydrogens is 286 g/mol. The fourth-order valence-electron chi connectivity index (χ4n) is 2.99. The summed E-state index contributed by atoms with van der Waals surface area (Å²) < 4.78 is 2.12.